The van der Waals surface area contributed by atoms with E-state index in [9.17, 15) is 14.9 Å². The van der Waals surface area contributed by atoms with E-state index in [-0.39, 0.29) is 11.5 Å². The first-order valence-electron chi connectivity index (χ1n) is 6.01. The van der Waals surface area contributed by atoms with E-state index in [0.717, 1.165) is 0 Å². The van der Waals surface area contributed by atoms with E-state index in [4.69, 9.17) is 4.74 Å². The molecule has 0 aliphatic carbocycles. The quantitative estimate of drug-likeness (QED) is 0.473. The molecule has 0 aliphatic heterocycles. The largest absolute Gasteiger partial charge is 0.455 e. The van der Waals surface area contributed by atoms with Crippen molar-refractivity contribution in [3.05, 3.63) is 58.4 Å². The average Bonchev–Trinajstić information content (AvgIpc) is 2.47. The first-order valence-corrected chi connectivity index (χ1v) is 6.01. The Morgan fingerprint density at radius 1 is 1.30 bits per heavy atom. The Morgan fingerprint density at radius 2 is 2.10 bits per heavy atom. The normalized spacial score (nSPS) is 10.1. The minimum absolute atomic E-state index is 0.0479. The molecule has 0 fully saturated rings. The molecule has 2 aromatic rings. The standard InChI is InChI=1S/C14H12N2O4/c1-2-14(17)13-7-6-12(9-15-13)20-11-5-3-4-10(8-11)16(18)19/h3-9H,2H2,1H3. The molecule has 6 nitrogen and oxygen atoms in total. The molecule has 0 saturated carbocycles. The molecule has 0 N–H and O–H groups in total. The van der Waals surface area contributed by atoms with Gasteiger partial charge in [0.05, 0.1) is 17.2 Å². The van der Waals surface area contributed by atoms with Gasteiger partial charge in [0.2, 0.25) is 0 Å². The summed E-state index contributed by atoms with van der Waals surface area (Å²) in [5, 5.41) is 10.7. The highest BCUT2D eigenvalue weighted by Crippen LogP contribution is 2.24. The van der Waals surface area contributed by atoms with E-state index in [2.05, 4.69) is 4.98 Å². The Morgan fingerprint density at radius 3 is 2.70 bits per heavy atom. The van der Waals surface area contributed by atoms with Crippen LogP contribution < -0.4 is 4.74 Å². The number of aromatic nitrogens is 1. The van der Waals surface area contributed by atoms with Crippen LogP contribution in [0.1, 0.15) is 23.8 Å². The molecule has 1 heterocycles. The summed E-state index contributed by atoms with van der Waals surface area (Å²) in [6, 6.07) is 9.03. The third kappa shape index (κ3) is 3.17. The average molecular weight is 272 g/mol. The van der Waals surface area contributed by atoms with Crippen LogP contribution in [-0.4, -0.2) is 15.7 Å². The summed E-state index contributed by atoms with van der Waals surface area (Å²) in [4.78, 5) is 25.6. The summed E-state index contributed by atoms with van der Waals surface area (Å²) < 4.78 is 5.46. The molecular formula is C14H12N2O4. The summed E-state index contributed by atoms with van der Waals surface area (Å²) in [5.74, 6) is 0.709. The van der Waals surface area contributed by atoms with Crippen molar-refractivity contribution in [2.45, 2.75) is 13.3 Å². The summed E-state index contributed by atoms with van der Waals surface area (Å²) >= 11 is 0. The van der Waals surface area contributed by atoms with E-state index in [1.54, 1.807) is 25.1 Å². The van der Waals surface area contributed by atoms with Crippen LogP contribution in [0, 0.1) is 10.1 Å². The van der Waals surface area contributed by atoms with Crippen LogP contribution in [0.5, 0.6) is 11.5 Å². The van der Waals surface area contributed by atoms with Gasteiger partial charge in [-0.05, 0) is 18.2 Å². The lowest BCUT2D eigenvalue weighted by molar-refractivity contribution is -0.384. The number of non-ortho nitro benzene ring substituents is 1. The Kier molecular flexibility index (Phi) is 4.05. The van der Waals surface area contributed by atoms with Gasteiger partial charge in [0.15, 0.2) is 5.78 Å². The molecule has 0 radical (unpaired) electrons. The molecule has 6 heteroatoms. The smallest absolute Gasteiger partial charge is 0.273 e. The van der Waals surface area contributed by atoms with Crippen molar-refractivity contribution in [2.75, 3.05) is 0 Å². The Bertz CT molecular complexity index is 638. The minimum Gasteiger partial charge on any atom is -0.455 e. The van der Waals surface area contributed by atoms with Crippen LogP contribution in [0.3, 0.4) is 0 Å². The molecule has 20 heavy (non-hydrogen) atoms. The number of carbonyl (C=O) groups is 1. The molecular weight excluding hydrogens is 260 g/mol. The van der Waals surface area contributed by atoms with Crippen molar-refractivity contribution >= 4 is 11.5 Å². The van der Waals surface area contributed by atoms with E-state index < -0.39 is 4.92 Å². The first-order chi connectivity index (χ1) is 9.60. The Hall–Kier alpha value is -2.76. The molecule has 0 aliphatic rings. The van der Waals surface area contributed by atoms with Crippen molar-refractivity contribution in [3.63, 3.8) is 0 Å². The lowest BCUT2D eigenvalue weighted by Crippen LogP contribution is -1.99. The van der Waals surface area contributed by atoms with Crippen LogP contribution in [0.2, 0.25) is 0 Å². The van der Waals surface area contributed by atoms with Crippen molar-refractivity contribution in [1.82, 2.24) is 4.98 Å². The summed E-state index contributed by atoms with van der Waals surface area (Å²) in [5.41, 5.74) is 0.326. The highest BCUT2D eigenvalue weighted by atomic mass is 16.6. The molecule has 0 unspecified atom stereocenters. The fourth-order valence-electron chi connectivity index (χ4n) is 1.58. The third-order valence-corrected chi connectivity index (χ3v) is 2.61. The number of ketones is 1. The number of hydrogen-bond acceptors (Lipinski definition) is 5. The van der Waals surface area contributed by atoms with Crippen LogP contribution in [-0.2, 0) is 0 Å². The van der Waals surface area contributed by atoms with Crippen molar-refractivity contribution in [3.8, 4) is 11.5 Å². The van der Waals surface area contributed by atoms with Gasteiger partial charge in [-0.15, -0.1) is 0 Å². The number of rotatable bonds is 5. The molecule has 2 rings (SSSR count). The maximum Gasteiger partial charge on any atom is 0.273 e. The zero-order valence-corrected chi connectivity index (χ0v) is 10.8. The second kappa shape index (κ2) is 5.92. The van der Waals surface area contributed by atoms with Crippen LogP contribution in [0.4, 0.5) is 5.69 Å². The predicted octanol–water partition coefficient (Wildman–Crippen LogP) is 3.37. The van der Waals surface area contributed by atoms with E-state index in [0.29, 0.717) is 23.6 Å². The van der Waals surface area contributed by atoms with Crippen LogP contribution >= 0.6 is 0 Å². The van der Waals surface area contributed by atoms with Gasteiger partial charge in [-0.2, -0.15) is 0 Å². The zero-order chi connectivity index (χ0) is 14.5. The maximum atomic E-state index is 11.4. The zero-order valence-electron chi connectivity index (χ0n) is 10.8. The number of nitro groups is 1. The first kappa shape index (κ1) is 13.7. The second-order valence-electron chi connectivity index (χ2n) is 4.01. The van der Waals surface area contributed by atoms with Gasteiger partial charge in [0, 0.05) is 12.5 Å². The maximum absolute atomic E-state index is 11.4. The van der Waals surface area contributed by atoms with E-state index in [1.807, 2.05) is 0 Å². The summed E-state index contributed by atoms with van der Waals surface area (Å²) in [6.07, 6.45) is 1.81. The Labute approximate surface area is 115 Å². The molecule has 0 saturated heterocycles. The summed E-state index contributed by atoms with van der Waals surface area (Å²) in [6.45, 7) is 1.76. The molecule has 1 aromatic heterocycles. The van der Waals surface area contributed by atoms with Crippen LogP contribution in [0.15, 0.2) is 42.6 Å². The molecule has 0 bridgehead atoms. The minimum atomic E-state index is -0.492. The van der Waals surface area contributed by atoms with Gasteiger partial charge >= 0.3 is 0 Å². The molecule has 0 spiro atoms. The number of nitrogens with zero attached hydrogens (tertiary/aromatic N) is 2. The van der Waals surface area contributed by atoms with Gasteiger partial charge in [-0.3, -0.25) is 14.9 Å². The van der Waals surface area contributed by atoms with Crippen LogP contribution in [0.25, 0.3) is 0 Å². The van der Waals surface area contributed by atoms with Crippen molar-refractivity contribution in [1.29, 1.82) is 0 Å². The number of ether oxygens (including phenoxy) is 1. The Balaban J connectivity index is 2.16. The lowest BCUT2D eigenvalue weighted by atomic mass is 10.2. The lowest BCUT2D eigenvalue weighted by Gasteiger charge is -2.05. The predicted molar refractivity (Wildman–Crippen MR) is 72.0 cm³/mol. The SMILES string of the molecule is CCC(=O)c1ccc(Oc2cccc([N+](=O)[O-])c2)cn1. The monoisotopic (exact) mass is 272 g/mol. The molecule has 102 valence electrons. The number of hydrogen-bond donors (Lipinski definition) is 0. The van der Waals surface area contributed by atoms with Gasteiger partial charge in [0.25, 0.3) is 5.69 Å². The molecule has 0 amide bonds. The van der Waals surface area contributed by atoms with Gasteiger partial charge < -0.3 is 4.74 Å². The molecule has 0 atom stereocenters. The second-order valence-corrected chi connectivity index (χ2v) is 4.01. The fraction of sp³-hybridized carbons (Fsp3) is 0.143. The third-order valence-electron chi connectivity index (χ3n) is 2.61. The molecule has 1 aromatic carbocycles. The summed E-state index contributed by atoms with van der Waals surface area (Å²) in [7, 11) is 0. The topological polar surface area (TPSA) is 82.3 Å². The fourth-order valence-corrected chi connectivity index (χ4v) is 1.58. The number of carbonyl (C=O) groups excluding carboxylic acids is 1. The van der Waals surface area contributed by atoms with Crippen molar-refractivity contribution in [2.24, 2.45) is 0 Å². The highest BCUT2D eigenvalue weighted by Gasteiger charge is 2.08. The van der Waals surface area contributed by atoms with Gasteiger partial charge in [0.1, 0.15) is 17.2 Å². The van der Waals surface area contributed by atoms with Gasteiger partial charge in [-0.1, -0.05) is 13.0 Å². The van der Waals surface area contributed by atoms with E-state index >= 15 is 0 Å². The number of benzene rings is 1. The number of nitro benzene ring substituents is 1. The van der Waals surface area contributed by atoms with E-state index in [1.165, 1.54) is 24.4 Å². The highest BCUT2D eigenvalue weighted by molar-refractivity contribution is 5.93. The number of Topliss-reactive ketones (excluding diaryl/α,β-unsaturated/α-hetero) is 1. The van der Waals surface area contributed by atoms with Crippen molar-refractivity contribution < 1.29 is 14.5 Å². The van der Waals surface area contributed by atoms with Gasteiger partial charge in [-0.25, -0.2) is 4.98 Å². The number of pyridine rings is 1.